The van der Waals surface area contributed by atoms with Crippen molar-refractivity contribution in [2.45, 2.75) is 39.5 Å². The Kier molecular flexibility index (Phi) is 6.98. The summed E-state index contributed by atoms with van der Waals surface area (Å²) in [6.45, 7) is 7.30. The van der Waals surface area contributed by atoms with Gasteiger partial charge in [0.25, 0.3) is 0 Å². The van der Waals surface area contributed by atoms with E-state index in [0.29, 0.717) is 0 Å². The van der Waals surface area contributed by atoms with E-state index >= 15 is 0 Å². The van der Waals surface area contributed by atoms with Crippen LogP contribution in [0.15, 0.2) is 24.0 Å². The SMILES string of the molecule is C/C=C\C=C(/C)OCCCC1CCNCC1. The molecule has 1 rings (SSSR count). The van der Waals surface area contributed by atoms with Crippen molar-refractivity contribution in [1.29, 1.82) is 0 Å². The first-order chi connectivity index (χ1) is 7.83. The van der Waals surface area contributed by atoms with E-state index in [1.165, 1.54) is 38.8 Å². The summed E-state index contributed by atoms with van der Waals surface area (Å²) >= 11 is 0. The van der Waals surface area contributed by atoms with Crippen molar-refractivity contribution in [2.75, 3.05) is 19.7 Å². The van der Waals surface area contributed by atoms with Crippen molar-refractivity contribution in [3.63, 3.8) is 0 Å². The van der Waals surface area contributed by atoms with Crippen LogP contribution in [-0.2, 0) is 4.74 Å². The molecule has 0 saturated carbocycles. The minimum Gasteiger partial charge on any atom is -0.498 e. The molecule has 0 atom stereocenters. The Hall–Kier alpha value is -0.760. The van der Waals surface area contributed by atoms with Crippen LogP contribution >= 0.6 is 0 Å². The lowest BCUT2D eigenvalue weighted by atomic mass is 9.93. The number of ether oxygens (including phenoxy) is 1. The first-order valence-electron chi connectivity index (χ1n) is 6.46. The number of hydrogen-bond donors (Lipinski definition) is 1. The fourth-order valence-corrected chi connectivity index (χ4v) is 2.06. The zero-order valence-electron chi connectivity index (χ0n) is 10.7. The molecular formula is C14H25NO. The molecular weight excluding hydrogens is 198 g/mol. The lowest BCUT2D eigenvalue weighted by Crippen LogP contribution is -2.27. The normalized spacial score (nSPS) is 19.2. The van der Waals surface area contributed by atoms with Gasteiger partial charge in [-0.15, -0.1) is 0 Å². The second-order valence-corrected chi connectivity index (χ2v) is 4.49. The quantitative estimate of drug-likeness (QED) is 0.424. The summed E-state index contributed by atoms with van der Waals surface area (Å²) in [4.78, 5) is 0. The summed E-state index contributed by atoms with van der Waals surface area (Å²) in [5.74, 6) is 1.94. The van der Waals surface area contributed by atoms with Crippen molar-refractivity contribution in [1.82, 2.24) is 5.32 Å². The minimum atomic E-state index is 0.865. The fourth-order valence-electron chi connectivity index (χ4n) is 2.06. The van der Waals surface area contributed by atoms with Crippen LogP contribution in [0.25, 0.3) is 0 Å². The zero-order valence-corrected chi connectivity index (χ0v) is 10.7. The first-order valence-corrected chi connectivity index (χ1v) is 6.46. The van der Waals surface area contributed by atoms with Gasteiger partial charge in [-0.2, -0.15) is 0 Å². The van der Waals surface area contributed by atoms with Gasteiger partial charge in [-0.05, 0) is 64.6 Å². The van der Waals surface area contributed by atoms with Crippen molar-refractivity contribution in [3.8, 4) is 0 Å². The first kappa shape index (κ1) is 13.3. The van der Waals surface area contributed by atoms with Crippen LogP contribution in [0, 0.1) is 5.92 Å². The summed E-state index contributed by atoms with van der Waals surface area (Å²) in [5, 5.41) is 3.40. The van der Waals surface area contributed by atoms with Crippen LogP contribution < -0.4 is 5.32 Å². The standard InChI is InChI=1S/C14H25NO/c1-3-4-6-13(2)16-12-5-7-14-8-10-15-11-9-14/h3-4,6,14-15H,5,7-12H2,1-2H3/b4-3-,13-6+. The van der Waals surface area contributed by atoms with Gasteiger partial charge in [0.15, 0.2) is 0 Å². The van der Waals surface area contributed by atoms with Crippen LogP contribution in [0.1, 0.15) is 39.5 Å². The molecule has 0 aromatic carbocycles. The fraction of sp³-hybridized carbons (Fsp3) is 0.714. The lowest BCUT2D eigenvalue weighted by Gasteiger charge is -2.22. The second-order valence-electron chi connectivity index (χ2n) is 4.49. The number of hydrogen-bond acceptors (Lipinski definition) is 2. The van der Waals surface area contributed by atoms with Gasteiger partial charge in [0.2, 0.25) is 0 Å². The van der Waals surface area contributed by atoms with Crippen molar-refractivity contribution >= 4 is 0 Å². The molecule has 92 valence electrons. The molecule has 0 unspecified atom stereocenters. The van der Waals surface area contributed by atoms with Crippen LogP contribution in [-0.4, -0.2) is 19.7 Å². The highest BCUT2D eigenvalue weighted by Gasteiger charge is 2.11. The van der Waals surface area contributed by atoms with Crippen molar-refractivity contribution < 1.29 is 4.74 Å². The Morgan fingerprint density at radius 3 is 2.81 bits per heavy atom. The maximum atomic E-state index is 5.63. The predicted octanol–water partition coefficient (Wildman–Crippen LogP) is 3.26. The van der Waals surface area contributed by atoms with E-state index in [-0.39, 0.29) is 0 Å². The third kappa shape index (κ3) is 5.96. The molecule has 0 radical (unpaired) electrons. The van der Waals surface area contributed by atoms with Crippen LogP contribution in [0.4, 0.5) is 0 Å². The van der Waals surface area contributed by atoms with E-state index in [0.717, 1.165) is 18.3 Å². The molecule has 1 heterocycles. The van der Waals surface area contributed by atoms with E-state index in [1.54, 1.807) is 0 Å². The average molecular weight is 223 g/mol. The number of rotatable bonds is 6. The number of piperidine rings is 1. The smallest absolute Gasteiger partial charge is 0.0928 e. The monoisotopic (exact) mass is 223 g/mol. The molecule has 1 saturated heterocycles. The van der Waals surface area contributed by atoms with E-state index in [1.807, 2.05) is 32.1 Å². The van der Waals surface area contributed by atoms with Crippen molar-refractivity contribution in [3.05, 3.63) is 24.0 Å². The molecule has 0 spiro atoms. The third-order valence-electron chi connectivity index (χ3n) is 3.07. The Morgan fingerprint density at radius 1 is 1.38 bits per heavy atom. The van der Waals surface area contributed by atoms with E-state index in [2.05, 4.69) is 5.32 Å². The van der Waals surface area contributed by atoms with Crippen LogP contribution in [0.3, 0.4) is 0 Å². The Balaban J connectivity index is 2.02. The summed E-state index contributed by atoms with van der Waals surface area (Å²) in [5.41, 5.74) is 0. The van der Waals surface area contributed by atoms with E-state index < -0.39 is 0 Å². The molecule has 1 aliphatic rings. The maximum Gasteiger partial charge on any atom is 0.0928 e. The molecule has 2 nitrogen and oxygen atoms in total. The van der Waals surface area contributed by atoms with Gasteiger partial charge in [-0.25, -0.2) is 0 Å². The molecule has 0 bridgehead atoms. The molecule has 0 aliphatic carbocycles. The highest BCUT2D eigenvalue weighted by Crippen LogP contribution is 2.17. The Labute approximate surface area is 99.8 Å². The largest absolute Gasteiger partial charge is 0.498 e. The Bertz CT molecular complexity index is 227. The van der Waals surface area contributed by atoms with Gasteiger partial charge >= 0.3 is 0 Å². The van der Waals surface area contributed by atoms with Gasteiger partial charge < -0.3 is 10.1 Å². The third-order valence-corrected chi connectivity index (χ3v) is 3.07. The summed E-state index contributed by atoms with van der Waals surface area (Å²) in [6, 6.07) is 0. The average Bonchev–Trinajstić information content (AvgIpc) is 2.33. The van der Waals surface area contributed by atoms with E-state index in [4.69, 9.17) is 4.74 Å². The summed E-state index contributed by atoms with van der Waals surface area (Å²) in [6.07, 6.45) is 11.2. The zero-order chi connectivity index (χ0) is 11.6. The number of nitrogens with one attached hydrogen (secondary N) is 1. The highest BCUT2D eigenvalue weighted by molar-refractivity contribution is 5.04. The Morgan fingerprint density at radius 2 is 2.12 bits per heavy atom. The molecule has 16 heavy (non-hydrogen) atoms. The topological polar surface area (TPSA) is 21.3 Å². The molecule has 2 heteroatoms. The summed E-state index contributed by atoms with van der Waals surface area (Å²) in [7, 11) is 0. The summed E-state index contributed by atoms with van der Waals surface area (Å²) < 4.78 is 5.63. The number of allylic oxidation sites excluding steroid dienone is 4. The van der Waals surface area contributed by atoms with Gasteiger partial charge in [-0.1, -0.05) is 12.2 Å². The minimum absolute atomic E-state index is 0.865. The van der Waals surface area contributed by atoms with Crippen LogP contribution in [0.5, 0.6) is 0 Å². The molecule has 0 aromatic rings. The maximum absolute atomic E-state index is 5.63. The second kappa shape index (κ2) is 8.40. The lowest BCUT2D eigenvalue weighted by molar-refractivity contribution is 0.196. The van der Waals surface area contributed by atoms with Gasteiger partial charge in [0.1, 0.15) is 0 Å². The molecule has 1 fully saturated rings. The molecule has 1 N–H and O–H groups in total. The van der Waals surface area contributed by atoms with Gasteiger partial charge in [-0.3, -0.25) is 0 Å². The molecule has 1 aliphatic heterocycles. The van der Waals surface area contributed by atoms with E-state index in [9.17, 15) is 0 Å². The van der Waals surface area contributed by atoms with Crippen molar-refractivity contribution in [2.24, 2.45) is 5.92 Å². The van der Waals surface area contributed by atoms with Crippen LogP contribution in [0.2, 0.25) is 0 Å². The molecule has 0 aromatic heterocycles. The van der Waals surface area contributed by atoms with Gasteiger partial charge in [0.05, 0.1) is 12.4 Å². The highest BCUT2D eigenvalue weighted by atomic mass is 16.5. The molecule has 0 amide bonds. The predicted molar refractivity (Wildman–Crippen MR) is 69.4 cm³/mol. The van der Waals surface area contributed by atoms with Gasteiger partial charge in [0, 0.05) is 0 Å².